The molecule has 3 aromatic rings. The lowest BCUT2D eigenvalue weighted by Crippen LogP contribution is -2.22. The number of carbonyl (C=O) groups is 2. The number of nitro groups is 2. The van der Waals surface area contributed by atoms with E-state index in [0.29, 0.717) is 16.9 Å². The molecule has 0 unspecified atom stereocenters. The molecular formula is C17H16N8O6. The van der Waals surface area contributed by atoms with Gasteiger partial charge in [-0.05, 0) is 44.4 Å². The van der Waals surface area contributed by atoms with E-state index in [1.165, 1.54) is 19.9 Å². The minimum Gasteiger partial charge on any atom is -0.358 e. The molecule has 160 valence electrons. The van der Waals surface area contributed by atoms with Gasteiger partial charge in [0.15, 0.2) is 0 Å². The third kappa shape index (κ3) is 4.36. The van der Waals surface area contributed by atoms with Gasteiger partial charge in [0.05, 0.1) is 0 Å². The molecule has 2 N–H and O–H groups in total. The summed E-state index contributed by atoms with van der Waals surface area (Å²) in [6.45, 7) is 4.61. The van der Waals surface area contributed by atoms with Crippen molar-refractivity contribution in [1.29, 1.82) is 0 Å². The molecule has 31 heavy (non-hydrogen) atoms. The van der Waals surface area contributed by atoms with Crippen molar-refractivity contribution in [2.75, 3.05) is 10.6 Å². The van der Waals surface area contributed by atoms with Crippen molar-refractivity contribution in [3.8, 4) is 0 Å². The van der Waals surface area contributed by atoms with Crippen molar-refractivity contribution in [3.63, 3.8) is 0 Å². The number of carbonyl (C=O) groups excluding carboxylic acids is 2. The molecule has 2 heterocycles. The number of rotatable bonds is 4. The normalized spacial score (nSPS) is 10.5. The summed E-state index contributed by atoms with van der Waals surface area (Å²) >= 11 is 0. The minimum absolute atomic E-state index is 0.127. The Morgan fingerprint density at radius 2 is 1.35 bits per heavy atom. The number of nitrogens with zero attached hydrogens (tertiary/aromatic N) is 6. The summed E-state index contributed by atoms with van der Waals surface area (Å²) in [5.41, 5.74) is 1.30. The number of nitrogens with one attached hydrogen (secondary N) is 2. The number of aromatic nitrogens is 4. The molecule has 0 aliphatic carbocycles. The number of imidazole rings is 2. The summed E-state index contributed by atoms with van der Waals surface area (Å²) in [7, 11) is 0. The highest BCUT2D eigenvalue weighted by Crippen LogP contribution is 2.22. The van der Waals surface area contributed by atoms with Gasteiger partial charge in [-0.25, -0.2) is 18.7 Å². The van der Waals surface area contributed by atoms with Gasteiger partial charge in [-0.3, -0.25) is 0 Å². The molecule has 0 radical (unpaired) electrons. The minimum atomic E-state index is -0.710. The van der Waals surface area contributed by atoms with Crippen LogP contribution in [0, 0.1) is 41.0 Å². The summed E-state index contributed by atoms with van der Waals surface area (Å²) < 4.78 is 1.99. The second-order valence-electron chi connectivity index (χ2n) is 6.44. The van der Waals surface area contributed by atoms with Gasteiger partial charge in [-0.1, -0.05) is 6.07 Å². The summed E-state index contributed by atoms with van der Waals surface area (Å²) in [6, 6.07) is 3.34. The van der Waals surface area contributed by atoms with Crippen LogP contribution in [0.3, 0.4) is 0 Å². The van der Waals surface area contributed by atoms with Crippen LogP contribution >= 0.6 is 0 Å². The summed E-state index contributed by atoms with van der Waals surface area (Å²) in [6.07, 6.45) is 2.00. The number of anilines is 2. The van der Waals surface area contributed by atoms with Gasteiger partial charge in [0, 0.05) is 25.2 Å². The molecule has 0 saturated heterocycles. The highest BCUT2D eigenvalue weighted by Gasteiger charge is 2.21. The first-order valence-electron chi connectivity index (χ1n) is 8.71. The smallest absolute Gasteiger partial charge is 0.358 e. The first-order valence-corrected chi connectivity index (χ1v) is 8.71. The molecule has 0 fully saturated rings. The maximum absolute atomic E-state index is 12.5. The van der Waals surface area contributed by atoms with Crippen LogP contribution in [0.4, 0.5) is 32.6 Å². The van der Waals surface area contributed by atoms with Crippen molar-refractivity contribution in [2.24, 2.45) is 0 Å². The van der Waals surface area contributed by atoms with Crippen LogP contribution in [0.2, 0.25) is 0 Å². The standard InChI is InChI=1S/C17H16N8O6/c1-9-4-5-12(20-16(26)22-7-14(24(28)29)18-10(22)2)6-13(9)21-17(27)23-8-15(25(30)31)19-11(23)3/h4-8H,1-3H3,(H,20,26)(H,21,27). The molecule has 0 saturated carbocycles. The van der Waals surface area contributed by atoms with Gasteiger partial charge in [-0.15, -0.1) is 0 Å². The molecule has 0 spiro atoms. The maximum Gasteiger partial charge on any atom is 0.382 e. The first kappa shape index (κ1) is 21.1. The van der Waals surface area contributed by atoms with Gasteiger partial charge in [0.25, 0.3) is 0 Å². The van der Waals surface area contributed by atoms with Gasteiger partial charge < -0.3 is 30.9 Å². The van der Waals surface area contributed by atoms with Crippen LogP contribution in [0.1, 0.15) is 17.2 Å². The number of hydrogen-bond acceptors (Lipinski definition) is 8. The molecular weight excluding hydrogens is 412 g/mol. The average molecular weight is 428 g/mol. The van der Waals surface area contributed by atoms with Crippen molar-refractivity contribution in [2.45, 2.75) is 20.8 Å². The Morgan fingerprint density at radius 1 is 0.871 bits per heavy atom. The Hall–Kier alpha value is -4.62. The van der Waals surface area contributed by atoms with Crippen LogP contribution in [-0.2, 0) is 0 Å². The van der Waals surface area contributed by atoms with Crippen LogP contribution in [0.25, 0.3) is 0 Å². The van der Waals surface area contributed by atoms with Gasteiger partial charge >= 0.3 is 23.7 Å². The quantitative estimate of drug-likeness (QED) is 0.470. The predicted octanol–water partition coefficient (Wildman–Crippen LogP) is 2.98. The Balaban J connectivity index is 1.80. The van der Waals surface area contributed by atoms with Crippen molar-refractivity contribution < 1.29 is 19.4 Å². The van der Waals surface area contributed by atoms with E-state index in [4.69, 9.17) is 0 Å². The first-order chi connectivity index (χ1) is 14.6. The highest BCUT2D eigenvalue weighted by atomic mass is 16.6. The Labute approximate surface area is 173 Å². The zero-order chi connectivity index (χ0) is 22.9. The largest absolute Gasteiger partial charge is 0.382 e. The lowest BCUT2D eigenvalue weighted by Gasteiger charge is -2.12. The topological polar surface area (TPSA) is 180 Å². The van der Waals surface area contributed by atoms with E-state index < -0.39 is 33.5 Å². The van der Waals surface area contributed by atoms with E-state index in [0.717, 1.165) is 21.5 Å². The molecule has 2 aromatic heterocycles. The lowest BCUT2D eigenvalue weighted by molar-refractivity contribution is -0.389. The van der Waals surface area contributed by atoms with E-state index in [1.807, 2.05) is 0 Å². The fraction of sp³-hybridized carbons (Fsp3) is 0.176. The fourth-order valence-corrected chi connectivity index (χ4v) is 2.70. The molecule has 1 aromatic carbocycles. The highest BCUT2D eigenvalue weighted by molar-refractivity contribution is 5.95. The molecule has 0 aliphatic heterocycles. The van der Waals surface area contributed by atoms with Crippen LogP contribution in [0.5, 0.6) is 0 Å². The van der Waals surface area contributed by atoms with E-state index in [-0.39, 0.29) is 11.6 Å². The number of benzene rings is 1. The monoisotopic (exact) mass is 428 g/mol. The number of aryl methyl sites for hydroxylation is 3. The number of amides is 2. The molecule has 0 atom stereocenters. The van der Waals surface area contributed by atoms with E-state index in [1.54, 1.807) is 19.1 Å². The molecule has 3 rings (SSSR count). The molecule has 0 aliphatic rings. The van der Waals surface area contributed by atoms with E-state index in [2.05, 4.69) is 20.6 Å². The van der Waals surface area contributed by atoms with Crippen molar-refractivity contribution in [3.05, 3.63) is 68.0 Å². The zero-order valence-electron chi connectivity index (χ0n) is 16.5. The molecule has 2 amide bonds. The Kier molecular flexibility index (Phi) is 5.46. The summed E-state index contributed by atoms with van der Waals surface area (Å²) in [5, 5.41) is 26.8. The Bertz CT molecular complexity index is 1230. The summed E-state index contributed by atoms with van der Waals surface area (Å²) in [4.78, 5) is 52.6. The second-order valence-corrected chi connectivity index (χ2v) is 6.44. The van der Waals surface area contributed by atoms with Crippen LogP contribution < -0.4 is 10.6 Å². The fourth-order valence-electron chi connectivity index (χ4n) is 2.70. The molecule has 0 bridgehead atoms. The van der Waals surface area contributed by atoms with Crippen molar-refractivity contribution >= 4 is 35.1 Å². The van der Waals surface area contributed by atoms with Crippen molar-refractivity contribution in [1.82, 2.24) is 19.1 Å². The van der Waals surface area contributed by atoms with E-state index in [9.17, 15) is 29.8 Å². The van der Waals surface area contributed by atoms with Gasteiger partial charge in [-0.2, -0.15) is 0 Å². The SMILES string of the molecule is Cc1ccc(NC(=O)n2cc([N+](=O)[O-])nc2C)cc1NC(=O)n1cc([N+](=O)[O-])nc1C. The average Bonchev–Trinajstić information content (AvgIpc) is 3.27. The third-order valence-electron chi connectivity index (χ3n) is 4.28. The third-order valence-corrected chi connectivity index (χ3v) is 4.28. The summed E-state index contributed by atoms with van der Waals surface area (Å²) in [5.74, 6) is -0.671. The number of hydrogen-bond donors (Lipinski definition) is 2. The maximum atomic E-state index is 12.5. The lowest BCUT2D eigenvalue weighted by atomic mass is 10.2. The van der Waals surface area contributed by atoms with Gasteiger partial charge in [0.2, 0.25) is 11.6 Å². The Morgan fingerprint density at radius 3 is 1.81 bits per heavy atom. The van der Waals surface area contributed by atoms with Crippen LogP contribution in [0.15, 0.2) is 30.6 Å². The predicted molar refractivity (Wildman–Crippen MR) is 107 cm³/mol. The second kappa shape index (κ2) is 8.02. The molecule has 14 nitrogen and oxygen atoms in total. The molecule has 14 heteroatoms. The van der Waals surface area contributed by atoms with Crippen LogP contribution in [-0.4, -0.2) is 41.0 Å². The van der Waals surface area contributed by atoms with Gasteiger partial charge in [0.1, 0.15) is 12.4 Å². The van der Waals surface area contributed by atoms with E-state index >= 15 is 0 Å². The zero-order valence-corrected chi connectivity index (χ0v) is 16.5.